The maximum atomic E-state index is 12.9. The van der Waals surface area contributed by atoms with Crippen LogP contribution >= 0.6 is 10.6 Å². The van der Waals surface area contributed by atoms with E-state index in [9.17, 15) is 4.11 Å². The van der Waals surface area contributed by atoms with Crippen molar-refractivity contribution in [2.75, 3.05) is 12.0 Å². The molecule has 0 aliphatic carbocycles. The first-order valence-corrected chi connectivity index (χ1v) is 8.81. The molecule has 0 aromatic carbocycles. The lowest BCUT2D eigenvalue weighted by atomic mass is 10.6. The van der Waals surface area contributed by atoms with Gasteiger partial charge in [0.15, 0.2) is 0 Å². The van der Waals surface area contributed by atoms with E-state index in [4.69, 9.17) is 9.11 Å². The maximum absolute atomic E-state index is 12.9. The quantitative estimate of drug-likeness (QED) is 0.541. The summed E-state index contributed by atoms with van der Waals surface area (Å²) in [6.45, 7) is 3.27. The van der Waals surface area contributed by atoms with Crippen molar-refractivity contribution >= 4 is 19.0 Å². The Morgan fingerprint density at radius 3 is 2.09 bits per heavy atom. The molecule has 0 spiro atoms. The zero-order valence-corrected chi connectivity index (χ0v) is 9.12. The van der Waals surface area contributed by atoms with Crippen molar-refractivity contribution in [3.63, 3.8) is 0 Å². The second kappa shape index (κ2) is 3.89. The van der Waals surface area contributed by atoms with Gasteiger partial charge in [-0.05, 0) is 25.6 Å². The standard InChI is InChI=1S/C6H17FO2SSi/c1-10(8,9)5-4-6-11(2,3)7/h8-9H,4-6H2,1-3H3. The van der Waals surface area contributed by atoms with Gasteiger partial charge in [0.05, 0.1) is 0 Å². The lowest BCUT2D eigenvalue weighted by Crippen LogP contribution is -2.18. The van der Waals surface area contributed by atoms with Gasteiger partial charge in [-0.15, -0.1) is 0 Å². The number of rotatable bonds is 4. The summed E-state index contributed by atoms with van der Waals surface area (Å²) in [6.07, 6.45) is 1.99. The first-order chi connectivity index (χ1) is 4.71. The minimum absolute atomic E-state index is 0.341. The maximum Gasteiger partial charge on any atom is 0.241 e. The minimum atomic E-state index is -2.47. The molecule has 0 radical (unpaired) electrons. The Labute approximate surface area is 70.4 Å². The van der Waals surface area contributed by atoms with Gasteiger partial charge in [-0.1, -0.05) is 0 Å². The molecule has 0 unspecified atom stereocenters. The Morgan fingerprint density at radius 2 is 1.82 bits per heavy atom. The largest absolute Gasteiger partial charge is 0.314 e. The molecule has 2 nitrogen and oxygen atoms in total. The van der Waals surface area contributed by atoms with Crippen molar-refractivity contribution in [2.45, 2.75) is 25.6 Å². The lowest BCUT2D eigenvalue weighted by molar-refractivity contribution is 0.493. The molecule has 5 heteroatoms. The Hall–Kier alpha value is 0.417. The van der Waals surface area contributed by atoms with Crippen molar-refractivity contribution in [1.29, 1.82) is 0 Å². The topological polar surface area (TPSA) is 40.5 Å². The predicted molar refractivity (Wildman–Crippen MR) is 51.7 cm³/mol. The highest BCUT2D eigenvalue weighted by Crippen LogP contribution is 2.35. The zero-order valence-electron chi connectivity index (χ0n) is 7.30. The van der Waals surface area contributed by atoms with E-state index in [0.29, 0.717) is 18.2 Å². The summed E-state index contributed by atoms with van der Waals surface area (Å²) in [5, 5.41) is 0. The van der Waals surface area contributed by atoms with E-state index in [1.807, 2.05) is 0 Å². The summed E-state index contributed by atoms with van der Waals surface area (Å²) < 4.78 is 30.8. The van der Waals surface area contributed by atoms with Gasteiger partial charge in [-0.2, -0.15) is 10.6 Å². The second-order valence-corrected chi connectivity index (χ2v) is 9.85. The van der Waals surface area contributed by atoms with Crippen LogP contribution in [0.5, 0.6) is 0 Å². The first-order valence-electron chi connectivity index (χ1n) is 3.60. The molecule has 0 rings (SSSR count). The fraction of sp³-hybridized carbons (Fsp3) is 1.00. The highest BCUT2D eigenvalue weighted by Gasteiger charge is 2.20. The van der Waals surface area contributed by atoms with E-state index in [1.54, 1.807) is 13.1 Å². The van der Waals surface area contributed by atoms with Crippen LogP contribution in [0.2, 0.25) is 19.1 Å². The molecule has 0 saturated heterocycles. The predicted octanol–water partition coefficient (Wildman–Crippen LogP) is 2.93. The van der Waals surface area contributed by atoms with Gasteiger partial charge in [0.2, 0.25) is 8.41 Å². The number of hydrogen-bond donors (Lipinski definition) is 2. The van der Waals surface area contributed by atoms with Crippen LogP contribution in [-0.4, -0.2) is 29.5 Å². The van der Waals surface area contributed by atoms with Crippen LogP contribution in [0.15, 0.2) is 0 Å². The van der Waals surface area contributed by atoms with Crippen molar-refractivity contribution < 1.29 is 13.2 Å². The van der Waals surface area contributed by atoms with Gasteiger partial charge in [0, 0.05) is 12.0 Å². The van der Waals surface area contributed by atoms with Gasteiger partial charge in [0.25, 0.3) is 0 Å². The third-order valence-corrected chi connectivity index (χ3v) is 3.91. The fourth-order valence-electron chi connectivity index (χ4n) is 0.766. The zero-order chi connectivity index (χ0) is 9.12. The van der Waals surface area contributed by atoms with Crippen molar-refractivity contribution in [3.8, 4) is 0 Å². The van der Waals surface area contributed by atoms with Crippen molar-refractivity contribution in [2.24, 2.45) is 0 Å². The lowest BCUT2D eigenvalue weighted by Gasteiger charge is -2.27. The molecule has 0 saturated carbocycles. The fourth-order valence-corrected chi connectivity index (χ4v) is 2.73. The van der Waals surface area contributed by atoms with Gasteiger partial charge >= 0.3 is 0 Å². The molecule has 0 fully saturated rings. The van der Waals surface area contributed by atoms with Gasteiger partial charge in [-0.3, -0.25) is 9.11 Å². The molecule has 0 aliphatic heterocycles. The molecule has 70 valence electrons. The second-order valence-electron chi connectivity index (χ2n) is 3.52. The van der Waals surface area contributed by atoms with Crippen LogP contribution < -0.4 is 0 Å². The normalized spacial score (nSPS) is 15.1. The summed E-state index contributed by atoms with van der Waals surface area (Å²) >= 11 is 0. The summed E-state index contributed by atoms with van der Waals surface area (Å²) in [4.78, 5) is 0. The van der Waals surface area contributed by atoms with E-state index in [-0.39, 0.29) is 0 Å². The minimum Gasteiger partial charge on any atom is -0.314 e. The van der Waals surface area contributed by atoms with Crippen molar-refractivity contribution in [1.82, 2.24) is 0 Å². The van der Waals surface area contributed by atoms with Crippen LogP contribution in [0.4, 0.5) is 4.11 Å². The molecule has 0 amide bonds. The molecule has 0 atom stereocenters. The highest BCUT2D eigenvalue weighted by atomic mass is 32.3. The smallest absolute Gasteiger partial charge is 0.241 e. The van der Waals surface area contributed by atoms with Crippen molar-refractivity contribution in [3.05, 3.63) is 0 Å². The van der Waals surface area contributed by atoms with E-state index >= 15 is 0 Å². The first kappa shape index (κ1) is 11.4. The third-order valence-electron chi connectivity index (χ3n) is 1.30. The number of hydrogen-bond acceptors (Lipinski definition) is 2. The van der Waals surface area contributed by atoms with E-state index in [1.165, 1.54) is 6.26 Å². The average molecular weight is 200 g/mol. The highest BCUT2D eigenvalue weighted by molar-refractivity contribution is 8.23. The molecule has 0 bridgehead atoms. The summed E-state index contributed by atoms with van der Waals surface area (Å²) in [5.74, 6) is 0.341. The summed E-state index contributed by atoms with van der Waals surface area (Å²) in [6, 6.07) is 0.525. The molecular formula is C6H17FO2SSi. The van der Waals surface area contributed by atoms with Gasteiger partial charge in [0.1, 0.15) is 0 Å². The van der Waals surface area contributed by atoms with Gasteiger partial charge < -0.3 is 4.11 Å². The van der Waals surface area contributed by atoms with E-state index in [0.717, 1.165) is 0 Å². The summed E-state index contributed by atoms with van der Waals surface area (Å²) in [5.41, 5.74) is 0. The molecule has 2 N–H and O–H groups in total. The molecule has 11 heavy (non-hydrogen) atoms. The van der Waals surface area contributed by atoms with Crippen LogP contribution in [0, 0.1) is 0 Å². The molecule has 0 aliphatic rings. The monoisotopic (exact) mass is 200 g/mol. The van der Waals surface area contributed by atoms with E-state index in [2.05, 4.69) is 0 Å². The average Bonchev–Trinajstić information content (AvgIpc) is 1.55. The van der Waals surface area contributed by atoms with Gasteiger partial charge in [-0.25, -0.2) is 0 Å². The molecule has 0 heterocycles. The molecule has 0 aromatic rings. The molecule has 0 aromatic heterocycles. The number of halogens is 1. The van der Waals surface area contributed by atoms with Crippen LogP contribution in [-0.2, 0) is 0 Å². The third kappa shape index (κ3) is 10.4. The van der Waals surface area contributed by atoms with Crippen LogP contribution in [0.1, 0.15) is 6.42 Å². The Kier molecular flexibility index (Phi) is 4.03. The SMILES string of the molecule is C[Si](C)(F)CCCS(C)(O)O. The Bertz CT molecular complexity index is 105. The Morgan fingerprint density at radius 1 is 1.36 bits per heavy atom. The van der Waals surface area contributed by atoms with Crippen LogP contribution in [0.25, 0.3) is 0 Å². The molecular weight excluding hydrogens is 183 g/mol. The summed E-state index contributed by atoms with van der Waals surface area (Å²) in [7, 11) is -4.86. The van der Waals surface area contributed by atoms with Crippen LogP contribution in [0.3, 0.4) is 0 Å². The van der Waals surface area contributed by atoms with E-state index < -0.39 is 19.0 Å². The Balaban J connectivity index is 3.44.